The second-order valence-corrected chi connectivity index (χ2v) is 6.29. The van der Waals surface area contributed by atoms with Gasteiger partial charge in [-0.3, -0.25) is 9.48 Å². The third-order valence-electron chi connectivity index (χ3n) is 3.98. The summed E-state index contributed by atoms with van der Waals surface area (Å²) in [7, 11) is 1.51. The maximum absolute atomic E-state index is 13.0. The lowest BCUT2D eigenvalue weighted by atomic mass is 10.1. The number of rotatable bonds is 7. The lowest BCUT2D eigenvalue weighted by Crippen LogP contribution is -2.14. The van der Waals surface area contributed by atoms with E-state index < -0.39 is 0 Å². The van der Waals surface area contributed by atoms with Gasteiger partial charge in [0.2, 0.25) is 5.91 Å². The summed E-state index contributed by atoms with van der Waals surface area (Å²) < 4.78 is 25.7. The lowest BCUT2D eigenvalue weighted by molar-refractivity contribution is -0.115. The van der Waals surface area contributed by atoms with Crippen molar-refractivity contribution >= 4 is 23.2 Å². The first-order chi connectivity index (χ1) is 13.5. The van der Waals surface area contributed by atoms with E-state index in [1.54, 1.807) is 22.9 Å². The molecule has 0 saturated heterocycles. The average Bonchev–Trinajstić information content (AvgIpc) is 3.04. The summed E-state index contributed by atoms with van der Waals surface area (Å²) in [6.07, 6.45) is 1.64. The maximum atomic E-state index is 13.0. The fourth-order valence-corrected chi connectivity index (χ4v) is 2.85. The summed E-state index contributed by atoms with van der Waals surface area (Å²) in [6.45, 7) is 2.52. The molecule has 0 atom stereocenters. The van der Waals surface area contributed by atoms with Gasteiger partial charge >= 0.3 is 0 Å². The molecule has 1 heterocycles. The summed E-state index contributed by atoms with van der Waals surface area (Å²) in [5.74, 6) is 0.835. The number of anilines is 1. The van der Waals surface area contributed by atoms with Crippen molar-refractivity contribution in [2.75, 3.05) is 12.4 Å². The van der Waals surface area contributed by atoms with E-state index in [9.17, 15) is 9.18 Å². The fraction of sp³-hybridized carbons (Fsp3) is 0.200. The molecule has 8 heteroatoms. The van der Waals surface area contributed by atoms with Gasteiger partial charge in [0.25, 0.3) is 0 Å². The Bertz CT molecular complexity index is 973. The molecule has 0 bridgehead atoms. The number of carbonyl (C=O) groups is 1. The Morgan fingerprint density at radius 2 is 1.96 bits per heavy atom. The Morgan fingerprint density at radius 3 is 2.61 bits per heavy atom. The van der Waals surface area contributed by atoms with E-state index in [1.165, 1.54) is 37.6 Å². The molecule has 0 radical (unpaired) electrons. The predicted octanol–water partition coefficient (Wildman–Crippen LogP) is 4.68. The van der Waals surface area contributed by atoms with Crippen molar-refractivity contribution in [1.29, 1.82) is 0 Å². The number of nitrogens with one attached hydrogen (secondary N) is 1. The van der Waals surface area contributed by atoms with Crippen molar-refractivity contribution in [1.82, 2.24) is 9.78 Å². The Hall–Kier alpha value is -3.06. The quantitative estimate of drug-likeness (QED) is 0.622. The fourth-order valence-electron chi connectivity index (χ4n) is 2.59. The molecule has 1 amide bonds. The lowest BCUT2D eigenvalue weighted by Gasteiger charge is -2.12. The van der Waals surface area contributed by atoms with E-state index >= 15 is 0 Å². The second kappa shape index (κ2) is 8.75. The highest BCUT2D eigenvalue weighted by atomic mass is 35.5. The molecule has 0 spiro atoms. The van der Waals surface area contributed by atoms with Gasteiger partial charge in [0.05, 0.1) is 25.4 Å². The molecule has 0 fully saturated rings. The number of hydrogen-bond acceptors (Lipinski definition) is 4. The highest BCUT2D eigenvalue weighted by Crippen LogP contribution is 2.32. The first kappa shape index (κ1) is 19.7. The third-order valence-corrected chi connectivity index (χ3v) is 4.38. The van der Waals surface area contributed by atoms with Crippen molar-refractivity contribution in [3.8, 4) is 17.2 Å². The molecule has 146 valence electrons. The number of benzene rings is 2. The zero-order valence-corrected chi connectivity index (χ0v) is 16.2. The molecule has 1 N–H and O–H groups in total. The molecule has 2 aromatic carbocycles. The minimum atomic E-state index is -0.342. The summed E-state index contributed by atoms with van der Waals surface area (Å²) in [4.78, 5) is 12.3. The van der Waals surface area contributed by atoms with Gasteiger partial charge in [0, 0.05) is 6.54 Å². The third kappa shape index (κ3) is 4.61. The van der Waals surface area contributed by atoms with Crippen LogP contribution >= 0.6 is 11.6 Å². The van der Waals surface area contributed by atoms with Gasteiger partial charge in [0.1, 0.15) is 11.6 Å². The van der Waals surface area contributed by atoms with Crippen LogP contribution in [-0.4, -0.2) is 22.8 Å². The molecule has 0 saturated carbocycles. The summed E-state index contributed by atoms with van der Waals surface area (Å²) in [5.41, 5.74) is 1.21. The van der Waals surface area contributed by atoms with Crippen LogP contribution < -0.4 is 14.8 Å². The standard InChI is InChI=1S/C20H19ClFN3O3/c1-3-25-20(21)16(12-23-25)24-19(26)11-13-4-9-17(18(10-13)27-2)28-15-7-5-14(22)6-8-15/h4-10,12H,3,11H2,1-2H3,(H,24,26). The molecule has 0 unspecified atom stereocenters. The van der Waals surface area contributed by atoms with Crippen LogP contribution in [0, 0.1) is 5.82 Å². The zero-order valence-electron chi connectivity index (χ0n) is 15.4. The minimum absolute atomic E-state index is 0.126. The number of nitrogens with zero attached hydrogens (tertiary/aromatic N) is 2. The van der Waals surface area contributed by atoms with Crippen LogP contribution in [0.4, 0.5) is 10.1 Å². The van der Waals surface area contributed by atoms with E-state index in [4.69, 9.17) is 21.1 Å². The van der Waals surface area contributed by atoms with E-state index in [1.807, 2.05) is 6.92 Å². The molecule has 0 aliphatic heterocycles. The zero-order chi connectivity index (χ0) is 20.1. The Morgan fingerprint density at radius 1 is 1.21 bits per heavy atom. The van der Waals surface area contributed by atoms with Gasteiger partial charge in [-0.1, -0.05) is 17.7 Å². The Labute approximate surface area is 166 Å². The van der Waals surface area contributed by atoms with Gasteiger partial charge in [-0.15, -0.1) is 0 Å². The molecule has 0 aliphatic rings. The van der Waals surface area contributed by atoms with Crippen molar-refractivity contribution in [3.05, 3.63) is 65.2 Å². The van der Waals surface area contributed by atoms with E-state index in [-0.39, 0.29) is 18.1 Å². The average molecular weight is 404 g/mol. The molecular formula is C20H19ClFN3O3. The Balaban J connectivity index is 1.69. The van der Waals surface area contributed by atoms with Gasteiger partial charge in [-0.2, -0.15) is 5.10 Å². The van der Waals surface area contributed by atoms with E-state index in [0.717, 1.165) is 5.56 Å². The maximum Gasteiger partial charge on any atom is 0.228 e. The molecule has 6 nitrogen and oxygen atoms in total. The molecule has 3 rings (SSSR count). The van der Waals surface area contributed by atoms with Gasteiger partial charge < -0.3 is 14.8 Å². The number of methoxy groups -OCH3 is 1. The molecular weight excluding hydrogens is 385 g/mol. The van der Waals surface area contributed by atoms with Gasteiger partial charge in [-0.25, -0.2) is 4.39 Å². The van der Waals surface area contributed by atoms with Crippen molar-refractivity contribution in [2.24, 2.45) is 0 Å². The first-order valence-electron chi connectivity index (χ1n) is 8.61. The largest absolute Gasteiger partial charge is 0.493 e. The summed E-state index contributed by atoms with van der Waals surface area (Å²) in [5, 5.41) is 7.22. The number of hydrogen-bond donors (Lipinski definition) is 1. The van der Waals surface area contributed by atoms with Gasteiger partial charge in [-0.05, 0) is 48.9 Å². The number of aromatic nitrogens is 2. The highest BCUT2D eigenvalue weighted by Gasteiger charge is 2.13. The number of amides is 1. The van der Waals surface area contributed by atoms with Gasteiger partial charge in [0.15, 0.2) is 16.7 Å². The van der Waals surface area contributed by atoms with Crippen LogP contribution in [0.25, 0.3) is 0 Å². The SMILES string of the molecule is CCn1ncc(NC(=O)Cc2ccc(Oc3ccc(F)cc3)c(OC)c2)c1Cl. The second-order valence-electron chi connectivity index (χ2n) is 5.93. The van der Waals surface area contributed by atoms with Crippen molar-refractivity contribution in [3.63, 3.8) is 0 Å². The topological polar surface area (TPSA) is 65.4 Å². The number of ether oxygens (including phenoxy) is 2. The number of carbonyl (C=O) groups excluding carboxylic acids is 1. The summed E-state index contributed by atoms with van der Waals surface area (Å²) in [6, 6.07) is 10.9. The highest BCUT2D eigenvalue weighted by molar-refractivity contribution is 6.32. The molecule has 28 heavy (non-hydrogen) atoms. The molecule has 0 aliphatic carbocycles. The van der Waals surface area contributed by atoms with Crippen molar-refractivity contribution < 1.29 is 18.7 Å². The Kier molecular flexibility index (Phi) is 6.16. The van der Waals surface area contributed by atoms with Crippen LogP contribution in [0.2, 0.25) is 5.15 Å². The molecule has 1 aromatic heterocycles. The minimum Gasteiger partial charge on any atom is -0.493 e. The normalized spacial score (nSPS) is 10.6. The van der Waals surface area contributed by atoms with Crippen LogP contribution in [-0.2, 0) is 17.8 Å². The number of aryl methyl sites for hydroxylation is 1. The van der Waals surface area contributed by atoms with E-state index in [0.29, 0.717) is 34.6 Å². The monoisotopic (exact) mass is 403 g/mol. The summed E-state index contributed by atoms with van der Waals surface area (Å²) >= 11 is 6.15. The van der Waals surface area contributed by atoms with Crippen molar-refractivity contribution in [2.45, 2.75) is 19.9 Å². The smallest absolute Gasteiger partial charge is 0.228 e. The van der Waals surface area contributed by atoms with Crippen LogP contribution in [0.15, 0.2) is 48.7 Å². The molecule has 3 aromatic rings. The van der Waals surface area contributed by atoms with Crippen LogP contribution in [0.3, 0.4) is 0 Å². The predicted molar refractivity (Wildman–Crippen MR) is 105 cm³/mol. The number of halogens is 2. The van der Waals surface area contributed by atoms with E-state index in [2.05, 4.69) is 10.4 Å². The first-order valence-corrected chi connectivity index (χ1v) is 8.99. The van der Waals surface area contributed by atoms with Crippen LogP contribution in [0.5, 0.6) is 17.2 Å². The van der Waals surface area contributed by atoms with Crippen LogP contribution in [0.1, 0.15) is 12.5 Å².